The second-order valence-electron chi connectivity index (χ2n) is 29.6. The van der Waals surface area contributed by atoms with Gasteiger partial charge >= 0.3 is 17.9 Å². The summed E-state index contributed by atoms with van der Waals surface area (Å²) >= 11 is 29.1. The average Bonchev–Trinajstić information content (AvgIpc) is 1.58. The molecule has 0 fully saturated rings. The summed E-state index contributed by atoms with van der Waals surface area (Å²) in [6.07, 6.45) is 2.30. The zero-order valence-corrected chi connectivity index (χ0v) is 79.9. The van der Waals surface area contributed by atoms with Gasteiger partial charge in [-0.2, -0.15) is 5.26 Å². The number of carbonyl (C=O) groups is 3. The van der Waals surface area contributed by atoms with Crippen LogP contribution in [0.2, 0.25) is 20.1 Å². The van der Waals surface area contributed by atoms with Crippen LogP contribution in [0.3, 0.4) is 0 Å². The number of hydrogen-bond acceptors (Lipinski definition) is 22. The number of aromatic hydroxyl groups is 4. The minimum atomic E-state index is -4.62. The number of carboxylic acid groups (broad SMARTS) is 3. The third-order valence-corrected chi connectivity index (χ3v) is 32.4. The third kappa shape index (κ3) is 19.8. The normalized spacial score (nSPS) is 11.7. The van der Waals surface area contributed by atoms with Crippen LogP contribution in [0.15, 0.2) is 301 Å². The number of nitriles is 1. The van der Waals surface area contributed by atoms with Crippen LogP contribution >= 0.6 is 85.0 Å². The number of thiazole rings is 2. The molecular weight excluding hydrogens is 2130 g/mol. The second kappa shape index (κ2) is 39.5. The fourth-order valence-corrected chi connectivity index (χ4v) is 25.8. The summed E-state index contributed by atoms with van der Waals surface area (Å²) in [5.41, 5.74) is 5.85. The Morgan fingerprint density at radius 2 is 0.786 bits per heavy atom. The van der Waals surface area contributed by atoms with Crippen molar-refractivity contribution in [1.29, 1.82) is 5.26 Å². The van der Waals surface area contributed by atoms with Gasteiger partial charge in [-0.25, -0.2) is 102 Å². The Morgan fingerprint density at radius 3 is 1.26 bits per heavy atom. The molecule has 0 spiro atoms. The lowest BCUT2D eigenvalue weighted by Gasteiger charge is -2.15. The van der Waals surface area contributed by atoms with E-state index in [9.17, 15) is 118 Å². The zero-order valence-electron chi connectivity index (χ0n) is 69.6. The maximum Gasteiger partial charge on any atom is 0.339 e. The molecule has 712 valence electrons. The molecule has 0 aliphatic carbocycles. The van der Waals surface area contributed by atoms with Crippen molar-refractivity contribution in [3.8, 4) is 72.7 Å². The Morgan fingerprint density at radius 1 is 0.379 bits per heavy atom. The van der Waals surface area contributed by atoms with Crippen LogP contribution in [0.5, 0.6) is 23.0 Å². The number of rotatable bonds is 18. The molecule has 0 unspecified atom stereocenters. The van der Waals surface area contributed by atoms with Gasteiger partial charge in [0.2, 0.25) is 0 Å². The first-order chi connectivity index (χ1) is 66.2. The number of benzene rings is 12. The van der Waals surface area contributed by atoms with E-state index < -0.39 is 168 Å². The van der Waals surface area contributed by atoms with Gasteiger partial charge in [-0.15, -0.1) is 22.7 Å². The Bertz CT molecular complexity index is 8970. The lowest BCUT2D eigenvalue weighted by atomic mass is 10.1. The van der Waals surface area contributed by atoms with E-state index in [0.29, 0.717) is 99.6 Å². The highest BCUT2D eigenvalue weighted by Crippen LogP contribution is 2.45. The summed E-state index contributed by atoms with van der Waals surface area (Å²) in [5, 5.41) is 79.9. The van der Waals surface area contributed by atoms with Crippen molar-refractivity contribution in [3.05, 3.63) is 360 Å². The lowest BCUT2D eigenvalue weighted by Crippen LogP contribution is -2.18. The highest BCUT2D eigenvalue weighted by Gasteiger charge is 2.36. The molecule has 28 nitrogen and oxygen atoms in total. The van der Waals surface area contributed by atoms with E-state index in [-0.39, 0.29) is 70.3 Å². The standard InChI is InChI=1S/C21H13BrClNO5S.C21H13F2NO4S.C18H9F2N3O3S2.C17H9F3N2O3S2.C16H10Cl3NO5S/c22-14-10-16(21(26)27)20(25)19(11-14)30(28,29)24-17-7-6-15(23)8-13(17)9-18(24)12-4-2-1-3-5-12;22-16-10-17(23)12-18(11-16)29(27,28)24-19-7-6-14(21(25)26)8-15(19)9-20(24)13-4-2-1-3-5-13;19-12-5-13(20)18(24)17(6-12)28(25,26)23-14-2-1-10(7-21)3-11(14)4-15(23)16-8-22-9-27-16;18-10-1-2-13-9(3-10)4-14(15-7-21-8-26-15)22(13)27(24,25)16-6-11(19)5-12(20)17(16)23;17-9-1-2-13-8(3-9)4-11(7-15(21)22)20(13)26(24,25)14-6-10(18)5-12(19)16(14)23/h1-11,25H,(H,26,27);1-12H,(H,25,26);1-6,8-9,24H;1-8,23H;1-6,23H,7H2,(H,21,22). The first kappa shape index (κ1) is 100. The van der Waals surface area contributed by atoms with Crippen LogP contribution in [-0.2, 0) is 61.3 Å². The molecule has 19 aromatic rings. The van der Waals surface area contributed by atoms with Crippen molar-refractivity contribution in [2.24, 2.45) is 0 Å². The molecule has 12 aromatic carbocycles. The Labute approximate surface area is 822 Å². The SMILES string of the molecule is N#Cc1ccc2c(c1)cc(-c1cncs1)n2S(=O)(=O)c1cc(F)cc(F)c1O.O=C(O)Cc1cc2cc(Cl)ccc2n1S(=O)(=O)c1cc(Cl)cc(Cl)c1O.O=C(O)c1cc(Br)cc(S(=O)(=O)n2c(-c3ccccc3)cc3cc(Cl)ccc32)c1O.O=C(O)c1ccc2c(c1)cc(-c1ccccc1)n2S(=O)(=O)c1cc(F)cc(F)c1.O=S(=O)(c1cc(F)cc(F)c1O)n1c(-c2cncs2)cc2cc(F)ccc21. The third-order valence-electron chi connectivity index (χ3n) is 20.7. The predicted octanol–water partition coefficient (Wildman–Crippen LogP) is 22.0. The first-order valence-corrected chi connectivity index (χ1v) is 50.5. The van der Waals surface area contributed by atoms with Crippen molar-refractivity contribution in [2.75, 3.05) is 0 Å². The second-order valence-corrected chi connectivity index (χ2v) is 42.8. The molecule has 0 saturated carbocycles. The fraction of sp³-hybridized carbons (Fsp3) is 0.0108. The van der Waals surface area contributed by atoms with Gasteiger partial charge in [-0.05, 0) is 181 Å². The highest BCUT2D eigenvalue weighted by molar-refractivity contribution is 9.10. The van der Waals surface area contributed by atoms with Crippen LogP contribution in [0.1, 0.15) is 32.0 Å². The van der Waals surface area contributed by atoms with Gasteiger partial charge in [0, 0.05) is 82.8 Å². The van der Waals surface area contributed by atoms with Gasteiger partial charge in [0.05, 0.1) is 105 Å². The number of aromatic carboxylic acids is 2. The van der Waals surface area contributed by atoms with E-state index in [4.69, 9.17) is 56.8 Å². The monoisotopic (exact) mass is 2180 g/mol. The molecule has 47 heteroatoms. The summed E-state index contributed by atoms with van der Waals surface area (Å²) in [7, 11) is -22.4. The van der Waals surface area contributed by atoms with Crippen molar-refractivity contribution < 1.29 is 123 Å². The molecule has 0 saturated heterocycles. The van der Waals surface area contributed by atoms with E-state index in [2.05, 4.69) is 25.9 Å². The first-order valence-electron chi connectivity index (χ1n) is 39.2. The van der Waals surface area contributed by atoms with Gasteiger partial charge in [0.15, 0.2) is 34.6 Å². The topological polar surface area (TPSA) is 438 Å². The Hall–Kier alpha value is -14.4. The van der Waals surface area contributed by atoms with Crippen molar-refractivity contribution in [2.45, 2.75) is 30.9 Å². The quantitative estimate of drug-likeness (QED) is 0.0392. The van der Waals surface area contributed by atoms with E-state index in [1.54, 1.807) is 84.9 Å². The molecule has 140 heavy (non-hydrogen) atoms. The molecule has 7 N–H and O–H groups in total. The largest absolute Gasteiger partial charge is 0.506 e. The molecule has 0 radical (unpaired) electrons. The van der Waals surface area contributed by atoms with Gasteiger partial charge in [-0.1, -0.05) is 123 Å². The maximum absolute atomic E-state index is 13.8. The molecule has 0 aliphatic heterocycles. The summed E-state index contributed by atoms with van der Waals surface area (Å²) in [5.74, 6) is -15.4. The zero-order chi connectivity index (χ0) is 101. The lowest BCUT2D eigenvalue weighted by molar-refractivity contribution is -0.136. The van der Waals surface area contributed by atoms with Crippen molar-refractivity contribution >= 4 is 208 Å². The summed E-state index contributed by atoms with van der Waals surface area (Å²) in [4.78, 5) is 39.2. The highest BCUT2D eigenvalue weighted by atomic mass is 79.9. The number of hydrogen-bond donors (Lipinski definition) is 7. The van der Waals surface area contributed by atoms with Crippen molar-refractivity contribution in [3.63, 3.8) is 0 Å². The summed E-state index contributed by atoms with van der Waals surface area (Å²) in [6, 6.07) is 56.4. The van der Waals surface area contributed by atoms with E-state index in [1.807, 2.05) is 6.07 Å². The van der Waals surface area contributed by atoms with Gasteiger partial charge in [0.1, 0.15) is 54.2 Å². The smallest absolute Gasteiger partial charge is 0.339 e. The fourth-order valence-electron chi connectivity index (χ4n) is 14.7. The molecule has 0 aliphatic rings. The van der Waals surface area contributed by atoms with E-state index in [0.717, 1.165) is 67.6 Å². The molecular formula is C93H54BrCl4F7N8O20S7. The molecule has 7 heterocycles. The number of aliphatic carboxylic acids is 1. The number of phenols is 4. The van der Waals surface area contributed by atoms with Gasteiger partial charge in [0.25, 0.3) is 50.1 Å². The van der Waals surface area contributed by atoms with Crippen LogP contribution in [0.4, 0.5) is 30.7 Å². The Kier molecular flexibility index (Phi) is 28.2. The minimum absolute atomic E-state index is 0.00525. The number of halogens is 12. The summed E-state index contributed by atoms with van der Waals surface area (Å²) < 4.78 is 234. The Balaban J connectivity index is 0.000000132. The molecule has 0 atom stereocenters. The maximum atomic E-state index is 13.8. The number of aromatic nitrogens is 7. The predicted molar refractivity (Wildman–Crippen MR) is 512 cm³/mol. The van der Waals surface area contributed by atoms with Crippen LogP contribution in [0, 0.1) is 52.1 Å². The van der Waals surface area contributed by atoms with Gasteiger partial charge in [-0.3, -0.25) is 14.8 Å². The molecule has 19 rings (SSSR count). The number of phenolic OH excluding ortho intramolecular Hbond substituents is 3. The van der Waals surface area contributed by atoms with E-state index >= 15 is 0 Å². The van der Waals surface area contributed by atoms with Crippen LogP contribution in [-0.4, -0.2) is 126 Å². The number of carboxylic acids is 3. The average molecular weight is 2180 g/mol. The van der Waals surface area contributed by atoms with Crippen LogP contribution < -0.4 is 0 Å². The summed E-state index contributed by atoms with van der Waals surface area (Å²) in [6.45, 7) is 0. The van der Waals surface area contributed by atoms with E-state index in [1.165, 1.54) is 132 Å². The minimum Gasteiger partial charge on any atom is -0.506 e. The molecule has 0 amide bonds. The van der Waals surface area contributed by atoms with Crippen molar-refractivity contribution in [1.82, 2.24) is 29.8 Å². The van der Waals surface area contributed by atoms with Gasteiger partial charge < -0.3 is 35.7 Å². The van der Waals surface area contributed by atoms with Crippen LogP contribution in [0.25, 0.3) is 98.2 Å². The molecule has 0 bridgehead atoms. The number of fused-ring (bicyclic) bond motifs is 5. The number of nitrogens with zero attached hydrogens (tertiary/aromatic N) is 8. The molecule has 7 aromatic heterocycles.